The molecule has 6 aromatic rings. The second-order valence-corrected chi connectivity index (χ2v) is 24.1. The van der Waals surface area contributed by atoms with E-state index in [0.717, 1.165) is 39.6 Å². The maximum atomic E-state index is 14.8. The third-order valence-corrected chi connectivity index (χ3v) is 17.3. The molecule has 6 aromatic carbocycles. The molecule has 0 saturated carbocycles. The van der Waals surface area contributed by atoms with Gasteiger partial charge >= 0.3 is 5.97 Å². The van der Waals surface area contributed by atoms with Gasteiger partial charge in [-0.15, -0.1) is 23.5 Å². The van der Waals surface area contributed by atoms with Crippen molar-refractivity contribution in [2.75, 3.05) is 30.1 Å². The number of allylic oxidation sites excluding steroid dienone is 1. The number of carbonyl (C=O) groups excluding carboxylic acids is 4. The molecular weight excluding hydrogens is 1040 g/mol. The van der Waals surface area contributed by atoms with Gasteiger partial charge in [0.1, 0.15) is 28.5 Å². The standard InChI is InChI=1S/C63H71N3O9S3/c1-5-40-75-58(70)44-56(68)59(46(2)3)66-61(72)55(45-77-63(50-32-18-9-19-33-50,51-34-20-10-21-35-51)52-36-22-11-23-37-52)65-60(71)54(39-42-78(4,73)74)64-57(69)43-53(67)38-24-25-41-76-62(47-26-12-6-13-27-47,48-28-14-7-15-29-48)49-30-16-8-17-31-49/h5-24,26-38,46,53-56,59,67-68H,1,25,39-45H2,2-4H3,(H,64,69)(H,65,71)(H,66,72)/b38-24+/t53-,54-,55-,56+,59-/m0/s1. The van der Waals surface area contributed by atoms with E-state index in [-0.39, 0.29) is 18.8 Å². The predicted molar refractivity (Wildman–Crippen MR) is 314 cm³/mol. The van der Waals surface area contributed by atoms with Crippen molar-refractivity contribution in [2.45, 2.75) is 79.4 Å². The van der Waals surface area contributed by atoms with Crippen molar-refractivity contribution in [3.63, 3.8) is 0 Å². The molecule has 15 heteroatoms. The fourth-order valence-electron chi connectivity index (χ4n) is 9.33. The number of rotatable bonds is 30. The molecule has 0 radical (unpaired) electrons. The van der Waals surface area contributed by atoms with Crippen LogP contribution in [0.3, 0.4) is 0 Å². The molecule has 0 heterocycles. The van der Waals surface area contributed by atoms with Crippen LogP contribution in [0.15, 0.2) is 207 Å². The molecule has 0 unspecified atom stereocenters. The van der Waals surface area contributed by atoms with E-state index in [1.807, 2.05) is 152 Å². The Labute approximate surface area is 468 Å². The third-order valence-electron chi connectivity index (χ3n) is 13.1. The van der Waals surface area contributed by atoms with E-state index >= 15 is 0 Å². The SMILES string of the molecule is C=CCOC(=O)C[C@@H](O)[C@@H](NC(=O)[C@H](CSC(c1ccccc1)(c1ccccc1)c1ccccc1)NC(=O)[C@H](CCS(C)(=O)=O)NC(=O)C[C@@H](O)/C=C/CCSC(c1ccccc1)(c1ccccc1)c1ccccc1)C(C)C. The van der Waals surface area contributed by atoms with Crippen LogP contribution in [-0.2, 0) is 43.2 Å². The highest BCUT2D eigenvalue weighted by atomic mass is 32.2. The average molecular weight is 1110 g/mol. The molecule has 6 rings (SSSR count). The lowest BCUT2D eigenvalue weighted by atomic mass is 9.84. The Morgan fingerprint density at radius 3 is 1.41 bits per heavy atom. The lowest BCUT2D eigenvalue weighted by Crippen LogP contribution is -2.58. The van der Waals surface area contributed by atoms with Crippen LogP contribution in [-0.4, -0.2) is 103 Å². The molecule has 5 N–H and O–H groups in total. The summed E-state index contributed by atoms with van der Waals surface area (Å²) < 4.78 is 28.8. The fourth-order valence-corrected chi connectivity index (χ4v) is 13.0. The highest BCUT2D eigenvalue weighted by Crippen LogP contribution is 2.50. The van der Waals surface area contributed by atoms with E-state index in [0.29, 0.717) is 12.2 Å². The van der Waals surface area contributed by atoms with Crippen molar-refractivity contribution in [1.29, 1.82) is 0 Å². The minimum atomic E-state index is -3.66. The molecule has 78 heavy (non-hydrogen) atoms. The number of esters is 1. The molecule has 0 bridgehead atoms. The van der Waals surface area contributed by atoms with Gasteiger partial charge in [0.15, 0.2) is 0 Å². The monoisotopic (exact) mass is 1110 g/mol. The van der Waals surface area contributed by atoms with Crippen LogP contribution >= 0.6 is 23.5 Å². The molecule has 12 nitrogen and oxygen atoms in total. The summed E-state index contributed by atoms with van der Waals surface area (Å²) in [5.74, 6) is -3.25. The van der Waals surface area contributed by atoms with Crippen molar-refractivity contribution in [2.24, 2.45) is 5.92 Å². The zero-order valence-electron chi connectivity index (χ0n) is 44.4. The largest absolute Gasteiger partial charge is 0.461 e. The predicted octanol–water partition coefficient (Wildman–Crippen LogP) is 9.16. The molecular formula is C63H71N3O9S3. The van der Waals surface area contributed by atoms with Gasteiger partial charge < -0.3 is 30.9 Å². The van der Waals surface area contributed by atoms with Crippen molar-refractivity contribution in [3.05, 3.63) is 240 Å². The van der Waals surface area contributed by atoms with Gasteiger partial charge in [0.25, 0.3) is 0 Å². The van der Waals surface area contributed by atoms with Crippen LogP contribution < -0.4 is 16.0 Å². The molecule has 0 aliphatic carbocycles. The number of ether oxygens (including phenoxy) is 1. The van der Waals surface area contributed by atoms with Gasteiger partial charge in [-0.1, -0.05) is 221 Å². The highest BCUT2D eigenvalue weighted by Gasteiger charge is 2.41. The average Bonchev–Trinajstić information content (AvgIpc) is 3.48. The third kappa shape index (κ3) is 16.9. The molecule has 0 fully saturated rings. The van der Waals surface area contributed by atoms with Gasteiger partial charge in [0.2, 0.25) is 17.7 Å². The number of nitrogens with one attached hydrogen (secondary N) is 3. The number of thioether (sulfide) groups is 2. The normalized spacial score (nSPS) is 13.9. The first-order chi connectivity index (χ1) is 37.6. The van der Waals surface area contributed by atoms with E-state index in [1.54, 1.807) is 25.6 Å². The Kier molecular flexibility index (Phi) is 23.1. The first kappa shape index (κ1) is 60.5. The Morgan fingerprint density at radius 2 is 1.01 bits per heavy atom. The molecule has 5 atom stereocenters. The van der Waals surface area contributed by atoms with Gasteiger partial charge in [-0.2, -0.15) is 0 Å². The van der Waals surface area contributed by atoms with E-state index in [1.165, 1.54) is 23.9 Å². The summed E-state index contributed by atoms with van der Waals surface area (Å²) in [6.07, 6.45) is 2.49. The first-order valence-corrected chi connectivity index (χ1v) is 30.1. The van der Waals surface area contributed by atoms with Crippen LogP contribution in [0, 0.1) is 5.92 Å². The summed E-state index contributed by atoms with van der Waals surface area (Å²) in [5, 5.41) is 30.9. The Morgan fingerprint density at radius 1 is 0.603 bits per heavy atom. The summed E-state index contributed by atoms with van der Waals surface area (Å²) in [7, 11) is -3.66. The molecule has 0 aliphatic heterocycles. The summed E-state index contributed by atoms with van der Waals surface area (Å²) in [6, 6.07) is 56.3. The molecule has 410 valence electrons. The Balaban J connectivity index is 1.24. The summed E-state index contributed by atoms with van der Waals surface area (Å²) >= 11 is 3.14. The maximum absolute atomic E-state index is 14.8. The fraction of sp³-hybridized carbons (Fsp3) is 0.302. The summed E-state index contributed by atoms with van der Waals surface area (Å²) in [6.45, 7) is 7.03. The number of hydrogen-bond acceptors (Lipinski definition) is 11. The minimum absolute atomic E-state index is 0.0608. The summed E-state index contributed by atoms with van der Waals surface area (Å²) in [4.78, 5) is 55.9. The van der Waals surface area contributed by atoms with E-state index in [2.05, 4.69) is 58.9 Å². The van der Waals surface area contributed by atoms with Gasteiger partial charge in [-0.3, -0.25) is 19.2 Å². The van der Waals surface area contributed by atoms with Crippen LogP contribution in [0.4, 0.5) is 0 Å². The zero-order chi connectivity index (χ0) is 56.0. The van der Waals surface area contributed by atoms with Crippen molar-refractivity contribution in [1.82, 2.24) is 16.0 Å². The Bertz CT molecular complexity index is 2780. The van der Waals surface area contributed by atoms with Gasteiger partial charge in [0, 0.05) is 12.0 Å². The zero-order valence-corrected chi connectivity index (χ0v) is 46.8. The van der Waals surface area contributed by atoms with Gasteiger partial charge in [-0.05, 0) is 57.9 Å². The maximum Gasteiger partial charge on any atom is 0.308 e. The molecule has 0 aromatic heterocycles. The van der Waals surface area contributed by atoms with E-state index in [4.69, 9.17) is 4.74 Å². The van der Waals surface area contributed by atoms with E-state index < -0.39 is 97.9 Å². The molecule has 0 saturated heterocycles. The topological polar surface area (TPSA) is 188 Å². The minimum Gasteiger partial charge on any atom is -0.461 e. The lowest BCUT2D eigenvalue weighted by Gasteiger charge is -2.37. The van der Waals surface area contributed by atoms with Crippen LogP contribution in [0.1, 0.15) is 72.9 Å². The second kappa shape index (κ2) is 29.8. The van der Waals surface area contributed by atoms with Gasteiger partial charge in [0.05, 0.1) is 46.3 Å². The summed E-state index contributed by atoms with van der Waals surface area (Å²) in [5.41, 5.74) is 6.00. The highest BCUT2D eigenvalue weighted by molar-refractivity contribution is 8.01. The lowest BCUT2D eigenvalue weighted by molar-refractivity contribution is -0.145. The molecule has 0 spiro atoms. The van der Waals surface area contributed by atoms with Crippen LogP contribution in [0.5, 0.6) is 0 Å². The van der Waals surface area contributed by atoms with E-state index in [9.17, 15) is 37.8 Å². The number of sulfone groups is 1. The second-order valence-electron chi connectivity index (χ2n) is 19.3. The van der Waals surface area contributed by atoms with Crippen molar-refractivity contribution in [3.8, 4) is 0 Å². The number of hydrogen-bond donors (Lipinski definition) is 5. The van der Waals surface area contributed by atoms with Crippen molar-refractivity contribution < 1.29 is 42.5 Å². The quantitative estimate of drug-likeness (QED) is 0.0125. The smallest absolute Gasteiger partial charge is 0.308 e. The number of carbonyl (C=O) groups is 4. The first-order valence-electron chi connectivity index (χ1n) is 26.1. The van der Waals surface area contributed by atoms with Crippen LogP contribution in [0.2, 0.25) is 0 Å². The number of aliphatic hydroxyl groups excluding tert-OH is 2. The molecule has 3 amide bonds. The number of amides is 3. The van der Waals surface area contributed by atoms with Crippen LogP contribution in [0.25, 0.3) is 0 Å². The Hall–Kier alpha value is -6.75. The molecule has 0 aliphatic rings. The number of benzene rings is 6. The number of aliphatic hydroxyl groups is 2. The van der Waals surface area contributed by atoms with Crippen molar-refractivity contribution >= 4 is 57.1 Å². The van der Waals surface area contributed by atoms with Gasteiger partial charge in [-0.25, -0.2) is 8.42 Å².